The lowest BCUT2D eigenvalue weighted by molar-refractivity contribution is 0.219. The Morgan fingerprint density at radius 2 is 1.70 bits per heavy atom. The van der Waals surface area contributed by atoms with E-state index in [1.54, 1.807) is 0 Å². The number of rotatable bonds is 3. The van der Waals surface area contributed by atoms with E-state index in [0.717, 1.165) is 17.0 Å². The minimum atomic E-state index is -0.523. The van der Waals surface area contributed by atoms with E-state index in [2.05, 4.69) is 44.2 Å². The Balaban J connectivity index is 1.86. The summed E-state index contributed by atoms with van der Waals surface area (Å²) in [5.74, 6) is 0.752. The molecule has 0 aliphatic heterocycles. The van der Waals surface area contributed by atoms with Crippen molar-refractivity contribution in [2.24, 2.45) is 0 Å². The van der Waals surface area contributed by atoms with E-state index >= 15 is 0 Å². The van der Waals surface area contributed by atoms with Crippen molar-refractivity contribution in [1.29, 1.82) is 0 Å². The number of hydrogen-bond acceptors (Lipinski definition) is 1. The van der Waals surface area contributed by atoms with Crippen LogP contribution in [0, 0.1) is 13.8 Å². The van der Waals surface area contributed by atoms with Crippen molar-refractivity contribution < 1.29 is 5.11 Å². The van der Waals surface area contributed by atoms with Crippen LogP contribution in [0.25, 0.3) is 0 Å². The lowest BCUT2D eigenvalue weighted by atomic mass is 9.79. The summed E-state index contributed by atoms with van der Waals surface area (Å²) in [5.41, 5.74) is 5.84. The van der Waals surface area contributed by atoms with E-state index in [4.69, 9.17) is 0 Å². The second-order valence-electron chi connectivity index (χ2n) is 5.99. The normalized spacial score (nSPS) is 16.8. The molecular weight excluding hydrogens is 244 g/mol. The van der Waals surface area contributed by atoms with Crippen LogP contribution in [0.3, 0.4) is 0 Å². The van der Waals surface area contributed by atoms with Crippen LogP contribution in [0.2, 0.25) is 0 Å². The molecule has 2 aromatic carbocycles. The van der Waals surface area contributed by atoms with Gasteiger partial charge in [0, 0.05) is 0 Å². The molecule has 0 aromatic heterocycles. The van der Waals surface area contributed by atoms with Gasteiger partial charge >= 0.3 is 0 Å². The van der Waals surface area contributed by atoms with Crippen LogP contribution in [-0.4, -0.2) is 5.11 Å². The molecule has 1 atom stereocenters. The lowest BCUT2D eigenvalue weighted by Crippen LogP contribution is -2.09. The van der Waals surface area contributed by atoms with Gasteiger partial charge in [-0.1, -0.05) is 48.9 Å². The van der Waals surface area contributed by atoms with Crippen molar-refractivity contribution in [1.82, 2.24) is 0 Å². The largest absolute Gasteiger partial charge is 0.384 e. The van der Waals surface area contributed by atoms with Crippen molar-refractivity contribution in [2.45, 2.75) is 45.1 Å². The average molecular weight is 266 g/mol. The third-order valence-electron chi connectivity index (χ3n) is 4.77. The van der Waals surface area contributed by atoms with Gasteiger partial charge in [0.15, 0.2) is 0 Å². The van der Waals surface area contributed by atoms with E-state index in [1.165, 1.54) is 36.0 Å². The van der Waals surface area contributed by atoms with Crippen LogP contribution < -0.4 is 0 Å². The summed E-state index contributed by atoms with van der Waals surface area (Å²) in [5, 5.41) is 10.6. The number of aliphatic hydroxyl groups excluding tert-OH is 1. The maximum atomic E-state index is 10.6. The molecule has 1 saturated carbocycles. The molecule has 0 radical (unpaired) electrons. The number of aliphatic hydroxyl groups is 1. The molecular formula is C19H22O. The first-order valence-electron chi connectivity index (χ1n) is 7.51. The van der Waals surface area contributed by atoms with Gasteiger partial charge in [-0.05, 0) is 60.4 Å². The highest BCUT2D eigenvalue weighted by Gasteiger charge is 2.20. The molecule has 0 saturated heterocycles. The fourth-order valence-electron chi connectivity index (χ4n) is 2.94. The molecule has 1 aliphatic carbocycles. The van der Waals surface area contributed by atoms with Crippen LogP contribution in [0.5, 0.6) is 0 Å². The molecule has 0 bridgehead atoms. The molecule has 1 nitrogen and oxygen atoms in total. The Kier molecular flexibility index (Phi) is 3.62. The standard InChI is InChI=1S/C19H22O/c1-13-5-3-8-18(14(13)2)19(20)17-11-9-16(10-12-17)15-6-4-7-15/h3,5,8-12,15,19-20H,4,6-7H2,1-2H3. The molecule has 1 aliphatic rings. The van der Waals surface area contributed by atoms with Gasteiger partial charge in [0.2, 0.25) is 0 Å². The van der Waals surface area contributed by atoms with E-state index in [9.17, 15) is 5.11 Å². The highest BCUT2D eigenvalue weighted by atomic mass is 16.3. The minimum Gasteiger partial charge on any atom is -0.384 e. The summed E-state index contributed by atoms with van der Waals surface area (Å²) in [4.78, 5) is 0. The van der Waals surface area contributed by atoms with Gasteiger partial charge < -0.3 is 5.11 Å². The maximum absolute atomic E-state index is 10.6. The topological polar surface area (TPSA) is 20.2 Å². The number of hydrogen-bond donors (Lipinski definition) is 1. The van der Waals surface area contributed by atoms with Crippen LogP contribution in [0.1, 0.15) is 59.1 Å². The van der Waals surface area contributed by atoms with Crippen molar-refractivity contribution in [2.75, 3.05) is 0 Å². The summed E-state index contributed by atoms with van der Waals surface area (Å²) in [6, 6.07) is 14.7. The van der Waals surface area contributed by atoms with Gasteiger partial charge in [0.05, 0.1) is 0 Å². The second kappa shape index (κ2) is 5.41. The molecule has 0 heterocycles. The van der Waals surface area contributed by atoms with Crippen LogP contribution >= 0.6 is 0 Å². The van der Waals surface area contributed by atoms with E-state index in [1.807, 2.05) is 12.1 Å². The first kappa shape index (κ1) is 13.4. The predicted octanol–water partition coefficient (Wildman–Crippen LogP) is 4.65. The molecule has 1 fully saturated rings. The first-order chi connectivity index (χ1) is 9.66. The third-order valence-corrected chi connectivity index (χ3v) is 4.77. The molecule has 20 heavy (non-hydrogen) atoms. The van der Waals surface area contributed by atoms with Crippen LogP contribution in [0.15, 0.2) is 42.5 Å². The summed E-state index contributed by atoms with van der Waals surface area (Å²) < 4.78 is 0. The fourth-order valence-corrected chi connectivity index (χ4v) is 2.94. The maximum Gasteiger partial charge on any atom is 0.104 e. The van der Waals surface area contributed by atoms with Crippen molar-refractivity contribution in [3.63, 3.8) is 0 Å². The molecule has 1 unspecified atom stereocenters. The summed E-state index contributed by atoms with van der Waals surface area (Å²) in [6.45, 7) is 4.17. The summed E-state index contributed by atoms with van der Waals surface area (Å²) >= 11 is 0. The average Bonchev–Trinajstić information content (AvgIpc) is 2.40. The zero-order valence-corrected chi connectivity index (χ0v) is 12.3. The van der Waals surface area contributed by atoms with E-state index in [0.29, 0.717) is 0 Å². The summed E-state index contributed by atoms with van der Waals surface area (Å²) in [7, 11) is 0. The molecule has 1 heteroatoms. The molecule has 104 valence electrons. The van der Waals surface area contributed by atoms with Crippen molar-refractivity contribution >= 4 is 0 Å². The van der Waals surface area contributed by atoms with E-state index in [-0.39, 0.29) is 0 Å². The lowest BCUT2D eigenvalue weighted by Gasteiger charge is -2.26. The Labute approximate surface area is 121 Å². The predicted molar refractivity (Wildman–Crippen MR) is 83.0 cm³/mol. The smallest absolute Gasteiger partial charge is 0.104 e. The Hall–Kier alpha value is -1.60. The quantitative estimate of drug-likeness (QED) is 0.857. The highest BCUT2D eigenvalue weighted by Crippen LogP contribution is 2.37. The molecule has 0 amide bonds. The second-order valence-corrected chi connectivity index (χ2v) is 5.99. The number of aryl methyl sites for hydroxylation is 1. The number of benzene rings is 2. The van der Waals surface area contributed by atoms with Crippen LogP contribution in [0.4, 0.5) is 0 Å². The fraction of sp³-hybridized carbons (Fsp3) is 0.368. The molecule has 1 N–H and O–H groups in total. The molecule has 0 spiro atoms. The van der Waals surface area contributed by atoms with E-state index < -0.39 is 6.10 Å². The third kappa shape index (κ3) is 2.38. The van der Waals surface area contributed by atoms with Gasteiger partial charge in [-0.15, -0.1) is 0 Å². The van der Waals surface area contributed by atoms with Crippen molar-refractivity contribution in [3.8, 4) is 0 Å². The molecule has 3 rings (SSSR count). The Morgan fingerprint density at radius 3 is 2.30 bits per heavy atom. The highest BCUT2D eigenvalue weighted by molar-refractivity contribution is 5.40. The SMILES string of the molecule is Cc1cccc(C(O)c2ccc(C3CCC3)cc2)c1C. The minimum absolute atomic E-state index is 0.523. The van der Waals surface area contributed by atoms with Gasteiger partial charge in [-0.2, -0.15) is 0 Å². The Morgan fingerprint density at radius 1 is 1.00 bits per heavy atom. The van der Waals surface area contributed by atoms with Gasteiger partial charge in [-0.25, -0.2) is 0 Å². The van der Waals surface area contributed by atoms with Gasteiger partial charge in [0.1, 0.15) is 6.10 Å². The first-order valence-corrected chi connectivity index (χ1v) is 7.51. The Bertz CT molecular complexity index is 594. The molecule has 2 aromatic rings. The van der Waals surface area contributed by atoms with Crippen molar-refractivity contribution in [3.05, 3.63) is 70.3 Å². The monoisotopic (exact) mass is 266 g/mol. The van der Waals surface area contributed by atoms with Gasteiger partial charge in [0.25, 0.3) is 0 Å². The zero-order chi connectivity index (χ0) is 14.1. The summed E-state index contributed by atoms with van der Waals surface area (Å²) in [6.07, 6.45) is 3.47. The van der Waals surface area contributed by atoms with Crippen LogP contribution in [-0.2, 0) is 0 Å². The zero-order valence-electron chi connectivity index (χ0n) is 12.3. The van der Waals surface area contributed by atoms with Gasteiger partial charge in [-0.3, -0.25) is 0 Å².